The number of carbonyl (C=O) groups is 1. The first-order valence-electron chi connectivity index (χ1n) is 6.29. The monoisotopic (exact) mass is 317 g/mol. The zero-order valence-corrected chi connectivity index (χ0v) is 11.6. The number of aliphatic hydroxyl groups excluding tert-OH is 5. The Hall–Kier alpha value is -1.22. The second kappa shape index (κ2) is 6.27. The minimum atomic E-state index is -1.70. The average molecular weight is 318 g/mol. The number of hydrogen-bond acceptors (Lipinski definition) is 6. The quantitative estimate of drug-likeness (QED) is 0.384. The van der Waals surface area contributed by atoms with Crippen LogP contribution in [0.4, 0.5) is 0 Å². The maximum Gasteiger partial charge on any atom is 0.251 e. The van der Waals surface area contributed by atoms with E-state index in [9.17, 15) is 30.3 Å². The highest BCUT2D eigenvalue weighted by atomic mass is 35.5. The number of amides is 1. The lowest BCUT2D eigenvalue weighted by atomic mass is 9.83. The average Bonchev–Trinajstić information content (AvgIpc) is 2.48. The minimum absolute atomic E-state index is 0.230. The molecule has 2 unspecified atom stereocenters. The van der Waals surface area contributed by atoms with Gasteiger partial charge in [0.2, 0.25) is 0 Å². The van der Waals surface area contributed by atoms with Gasteiger partial charge in [-0.15, -0.1) is 0 Å². The summed E-state index contributed by atoms with van der Waals surface area (Å²) in [5, 5.41) is 51.0. The predicted molar refractivity (Wildman–Crippen MR) is 72.7 cm³/mol. The molecule has 1 saturated carbocycles. The fourth-order valence-corrected chi connectivity index (χ4v) is 2.37. The number of benzene rings is 1. The van der Waals surface area contributed by atoms with Crippen molar-refractivity contribution >= 4 is 17.5 Å². The standard InChI is InChI=1S/C13H16ClNO6/c14-6-3-1-5(2-4-6)13(21)15-7-8(16)10(18)12(20)11(19)9(7)17/h1-4,7-12,16-20H,(H,15,21)/t7?,8-,9-,10-,11+,12?/m0/s1. The summed E-state index contributed by atoms with van der Waals surface area (Å²) in [5.74, 6) is -0.620. The van der Waals surface area contributed by atoms with Crippen molar-refractivity contribution in [2.45, 2.75) is 36.6 Å². The van der Waals surface area contributed by atoms with Crippen molar-refractivity contribution in [3.05, 3.63) is 34.9 Å². The fourth-order valence-electron chi connectivity index (χ4n) is 2.24. The number of hydrogen-bond donors (Lipinski definition) is 6. The summed E-state index contributed by atoms with van der Waals surface area (Å²) < 4.78 is 0. The van der Waals surface area contributed by atoms with E-state index < -0.39 is 42.5 Å². The molecule has 1 aliphatic rings. The van der Waals surface area contributed by atoms with Crippen molar-refractivity contribution in [2.24, 2.45) is 0 Å². The first-order chi connectivity index (χ1) is 9.82. The van der Waals surface area contributed by atoms with E-state index in [1.54, 1.807) is 0 Å². The number of aliphatic hydroxyl groups is 5. The van der Waals surface area contributed by atoms with Crippen molar-refractivity contribution < 1.29 is 30.3 Å². The summed E-state index contributed by atoms with van der Waals surface area (Å²) in [6, 6.07) is 4.57. The van der Waals surface area contributed by atoms with Crippen LogP contribution in [0.2, 0.25) is 5.02 Å². The van der Waals surface area contributed by atoms with Gasteiger partial charge in [0.1, 0.15) is 30.5 Å². The van der Waals surface area contributed by atoms with Gasteiger partial charge in [-0.25, -0.2) is 0 Å². The van der Waals surface area contributed by atoms with Crippen LogP contribution in [0.15, 0.2) is 24.3 Å². The van der Waals surface area contributed by atoms with Gasteiger partial charge < -0.3 is 30.8 Å². The molecule has 116 valence electrons. The molecular weight excluding hydrogens is 302 g/mol. The maximum atomic E-state index is 12.0. The molecule has 0 saturated heterocycles. The summed E-state index contributed by atoms with van der Waals surface area (Å²) in [4.78, 5) is 12.0. The molecule has 7 nitrogen and oxygen atoms in total. The van der Waals surface area contributed by atoms with Gasteiger partial charge >= 0.3 is 0 Å². The second-order valence-electron chi connectivity index (χ2n) is 4.96. The minimum Gasteiger partial charge on any atom is -0.388 e. The van der Waals surface area contributed by atoms with E-state index >= 15 is 0 Å². The number of halogens is 1. The van der Waals surface area contributed by atoms with Gasteiger partial charge in [0.05, 0.1) is 6.04 Å². The van der Waals surface area contributed by atoms with Crippen LogP contribution in [0, 0.1) is 0 Å². The van der Waals surface area contributed by atoms with Crippen LogP contribution in [-0.4, -0.2) is 68.0 Å². The molecule has 0 bridgehead atoms. The van der Waals surface area contributed by atoms with E-state index in [0.29, 0.717) is 5.02 Å². The van der Waals surface area contributed by atoms with E-state index in [-0.39, 0.29) is 5.56 Å². The molecule has 0 radical (unpaired) electrons. The third-order valence-corrected chi connectivity index (χ3v) is 3.79. The molecule has 1 aromatic carbocycles. The zero-order valence-electron chi connectivity index (χ0n) is 10.8. The zero-order chi connectivity index (χ0) is 15.7. The van der Waals surface area contributed by atoms with Crippen LogP contribution in [0.5, 0.6) is 0 Å². The van der Waals surface area contributed by atoms with E-state index in [2.05, 4.69) is 5.32 Å². The predicted octanol–water partition coefficient (Wildman–Crippen LogP) is -1.74. The van der Waals surface area contributed by atoms with E-state index in [1.807, 2.05) is 0 Å². The SMILES string of the molecule is O=C(NC1[C@H](O)[C@H](O)C(O)[C@H](O)[C@H]1O)c1ccc(Cl)cc1. The first-order valence-corrected chi connectivity index (χ1v) is 6.67. The Morgan fingerprint density at radius 1 is 0.857 bits per heavy atom. The van der Waals surface area contributed by atoms with Crippen molar-refractivity contribution in [1.29, 1.82) is 0 Å². The molecule has 8 heteroatoms. The molecule has 0 heterocycles. The van der Waals surface area contributed by atoms with Gasteiger partial charge in [-0.3, -0.25) is 4.79 Å². The van der Waals surface area contributed by atoms with Crippen molar-refractivity contribution in [3.63, 3.8) is 0 Å². The van der Waals surface area contributed by atoms with Gasteiger partial charge in [-0.05, 0) is 24.3 Å². The molecular formula is C13H16ClNO6. The third-order valence-electron chi connectivity index (χ3n) is 3.54. The van der Waals surface area contributed by atoms with E-state index in [0.717, 1.165) is 0 Å². The smallest absolute Gasteiger partial charge is 0.251 e. The lowest BCUT2D eigenvalue weighted by molar-refractivity contribution is -0.188. The Labute approximate surface area is 125 Å². The molecule has 1 fully saturated rings. The van der Waals surface area contributed by atoms with E-state index in [1.165, 1.54) is 24.3 Å². The van der Waals surface area contributed by atoms with Crippen LogP contribution in [0.1, 0.15) is 10.4 Å². The summed E-state index contributed by atoms with van der Waals surface area (Å²) in [6.07, 6.45) is -8.29. The van der Waals surface area contributed by atoms with Crippen LogP contribution in [0.25, 0.3) is 0 Å². The van der Waals surface area contributed by atoms with Crippen molar-refractivity contribution in [3.8, 4) is 0 Å². The molecule has 1 aliphatic carbocycles. The molecule has 21 heavy (non-hydrogen) atoms. The van der Waals surface area contributed by atoms with Gasteiger partial charge in [0.25, 0.3) is 5.91 Å². The molecule has 1 amide bonds. The molecule has 6 atom stereocenters. The Morgan fingerprint density at radius 3 is 1.76 bits per heavy atom. The molecule has 1 aromatic rings. The Bertz CT molecular complexity index is 494. The highest BCUT2D eigenvalue weighted by Crippen LogP contribution is 2.22. The summed E-state index contributed by atoms with van der Waals surface area (Å²) >= 11 is 5.70. The Kier molecular flexibility index (Phi) is 4.82. The molecule has 0 aromatic heterocycles. The van der Waals surface area contributed by atoms with Crippen LogP contribution in [0.3, 0.4) is 0 Å². The van der Waals surface area contributed by atoms with Gasteiger partial charge in [0.15, 0.2) is 0 Å². The summed E-state index contributed by atoms with van der Waals surface area (Å²) in [7, 11) is 0. The lowest BCUT2D eigenvalue weighted by Crippen LogP contribution is -2.68. The highest BCUT2D eigenvalue weighted by molar-refractivity contribution is 6.30. The van der Waals surface area contributed by atoms with Crippen molar-refractivity contribution in [1.82, 2.24) is 5.32 Å². The molecule has 0 spiro atoms. The maximum absolute atomic E-state index is 12.0. The lowest BCUT2D eigenvalue weighted by Gasteiger charge is -2.42. The molecule has 2 rings (SSSR count). The van der Waals surface area contributed by atoms with Gasteiger partial charge in [0, 0.05) is 10.6 Å². The number of rotatable bonds is 2. The Morgan fingerprint density at radius 2 is 1.29 bits per heavy atom. The third kappa shape index (κ3) is 3.18. The topological polar surface area (TPSA) is 130 Å². The highest BCUT2D eigenvalue weighted by Gasteiger charge is 2.48. The molecule has 0 aliphatic heterocycles. The largest absolute Gasteiger partial charge is 0.388 e. The summed E-state index contributed by atoms with van der Waals surface area (Å²) in [5.41, 5.74) is 0.230. The van der Waals surface area contributed by atoms with Gasteiger partial charge in [-0.2, -0.15) is 0 Å². The normalized spacial score (nSPS) is 36.3. The Balaban J connectivity index is 2.13. The first kappa shape index (κ1) is 16.2. The van der Waals surface area contributed by atoms with Crippen LogP contribution >= 0.6 is 11.6 Å². The second-order valence-corrected chi connectivity index (χ2v) is 5.40. The summed E-state index contributed by atoms with van der Waals surface area (Å²) in [6.45, 7) is 0. The fraction of sp³-hybridized carbons (Fsp3) is 0.462. The van der Waals surface area contributed by atoms with Crippen LogP contribution < -0.4 is 5.32 Å². The van der Waals surface area contributed by atoms with Gasteiger partial charge in [-0.1, -0.05) is 11.6 Å². The number of carbonyl (C=O) groups excluding carboxylic acids is 1. The van der Waals surface area contributed by atoms with E-state index in [4.69, 9.17) is 11.6 Å². The molecule has 6 N–H and O–H groups in total. The number of nitrogens with one attached hydrogen (secondary N) is 1. The van der Waals surface area contributed by atoms with Crippen LogP contribution in [-0.2, 0) is 0 Å². The van der Waals surface area contributed by atoms with Crippen molar-refractivity contribution in [2.75, 3.05) is 0 Å².